The third kappa shape index (κ3) is 5.93. The fourth-order valence-electron chi connectivity index (χ4n) is 1.63. The summed E-state index contributed by atoms with van der Waals surface area (Å²) in [6.07, 6.45) is 1.09. The molecule has 5 heteroatoms. The Balaban J connectivity index is 2.43. The maximum absolute atomic E-state index is 11.8. The number of nitrogen functional groups attached to an aromatic ring is 1. The van der Waals surface area contributed by atoms with Gasteiger partial charge in [-0.2, -0.15) is 0 Å². The van der Waals surface area contributed by atoms with E-state index in [1.165, 1.54) is 0 Å². The quantitative estimate of drug-likeness (QED) is 0.620. The van der Waals surface area contributed by atoms with Crippen LogP contribution in [-0.4, -0.2) is 25.2 Å². The Morgan fingerprint density at radius 1 is 1.35 bits per heavy atom. The largest absolute Gasteiger partial charge is 0.494 e. The summed E-state index contributed by atoms with van der Waals surface area (Å²) in [7, 11) is 1.54. The zero-order valence-corrected chi connectivity index (χ0v) is 12.7. The van der Waals surface area contributed by atoms with Gasteiger partial charge in [0.2, 0.25) is 5.91 Å². The van der Waals surface area contributed by atoms with Crippen molar-refractivity contribution in [2.75, 3.05) is 24.8 Å². The van der Waals surface area contributed by atoms with E-state index in [0.29, 0.717) is 36.6 Å². The number of carbonyl (C=O) groups excluding carboxylic acids is 1. The van der Waals surface area contributed by atoms with Crippen molar-refractivity contribution >= 4 is 17.3 Å². The highest BCUT2D eigenvalue weighted by Gasteiger charge is 2.11. The van der Waals surface area contributed by atoms with Crippen molar-refractivity contribution in [3.8, 4) is 5.75 Å². The van der Waals surface area contributed by atoms with E-state index in [1.807, 2.05) is 20.8 Å². The van der Waals surface area contributed by atoms with Crippen LogP contribution in [0, 0.1) is 0 Å². The van der Waals surface area contributed by atoms with Crippen LogP contribution in [0.3, 0.4) is 0 Å². The van der Waals surface area contributed by atoms with Crippen molar-refractivity contribution in [2.45, 2.75) is 39.2 Å². The average molecular weight is 280 g/mol. The normalized spacial score (nSPS) is 11.2. The molecular formula is C15H24N2O3. The Kier molecular flexibility index (Phi) is 5.82. The molecule has 0 saturated carbocycles. The van der Waals surface area contributed by atoms with E-state index in [2.05, 4.69) is 5.32 Å². The number of nitrogens with two attached hydrogens (primary N) is 1. The zero-order valence-electron chi connectivity index (χ0n) is 12.7. The molecule has 1 rings (SSSR count). The summed E-state index contributed by atoms with van der Waals surface area (Å²) in [5, 5.41) is 2.81. The highest BCUT2D eigenvalue weighted by Crippen LogP contribution is 2.26. The average Bonchev–Trinajstić information content (AvgIpc) is 2.35. The number of nitrogens with one attached hydrogen (secondary N) is 1. The molecule has 0 fully saturated rings. The Hall–Kier alpha value is -1.75. The van der Waals surface area contributed by atoms with Gasteiger partial charge in [0.05, 0.1) is 18.4 Å². The molecule has 0 spiro atoms. The molecule has 1 aromatic carbocycles. The summed E-state index contributed by atoms with van der Waals surface area (Å²) in [4.78, 5) is 11.8. The second-order valence-corrected chi connectivity index (χ2v) is 5.57. The number of benzene rings is 1. The highest BCUT2D eigenvalue weighted by molar-refractivity contribution is 5.92. The fraction of sp³-hybridized carbons (Fsp3) is 0.533. The molecule has 0 aliphatic rings. The monoisotopic (exact) mass is 280 g/mol. The first-order valence-corrected chi connectivity index (χ1v) is 6.69. The molecule has 0 atom stereocenters. The van der Waals surface area contributed by atoms with E-state index in [-0.39, 0.29) is 11.5 Å². The Morgan fingerprint density at radius 3 is 2.65 bits per heavy atom. The van der Waals surface area contributed by atoms with Crippen LogP contribution in [0.4, 0.5) is 11.4 Å². The summed E-state index contributed by atoms with van der Waals surface area (Å²) >= 11 is 0. The van der Waals surface area contributed by atoms with E-state index in [0.717, 1.165) is 0 Å². The Bertz CT molecular complexity index is 453. The van der Waals surface area contributed by atoms with E-state index >= 15 is 0 Å². The van der Waals surface area contributed by atoms with Crippen LogP contribution in [0.15, 0.2) is 18.2 Å². The van der Waals surface area contributed by atoms with Gasteiger partial charge in [0.25, 0.3) is 0 Å². The summed E-state index contributed by atoms with van der Waals surface area (Å²) in [6, 6.07) is 5.14. The lowest BCUT2D eigenvalue weighted by atomic mass is 10.2. The molecule has 0 heterocycles. The second-order valence-electron chi connectivity index (χ2n) is 5.57. The predicted molar refractivity (Wildman–Crippen MR) is 81.0 cm³/mol. The lowest BCUT2D eigenvalue weighted by Crippen LogP contribution is -2.20. The lowest BCUT2D eigenvalue weighted by Gasteiger charge is -2.19. The Labute approximate surface area is 120 Å². The van der Waals surface area contributed by atoms with E-state index < -0.39 is 0 Å². The highest BCUT2D eigenvalue weighted by atomic mass is 16.5. The van der Waals surface area contributed by atoms with Gasteiger partial charge in [-0.25, -0.2) is 0 Å². The summed E-state index contributed by atoms with van der Waals surface area (Å²) in [5.74, 6) is 0.495. The lowest BCUT2D eigenvalue weighted by molar-refractivity contribution is -0.116. The zero-order chi connectivity index (χ0) is 15.2. The molecule has 3 N–H and O–H groups in total. The van der Waals surface area contributed by atoms with Crippen molar-refractivity contribution < 1.29 is 14.3 Å². The van der Waals surface area contributed by atoms with Gasteiger partial charge in [-0.1, -0.05) is 0 Å². The van der Waals surface area contributed by atoms with Crippen molar-refractivity contribution in [3.05, 3.63) is 18.2 Å². The molecule has 5 nitrogen and oxygen atoms in total. The molecule has 0 bridgehead atoms. The number of amides is 1. The van der Waals surface area contributed by atoms with Crippen LogP contribution in [0.25, 0.3) is 0 Å². The molecular weight excluding hydrogens is 256 g/mol. The number of rotatable bonds is 6. The number of hydrogen-bond acceptors (Lipinski definition) is 4. The van der Waals surface area contributed by atoms with Gasteiger partial charge in [0, 0.05) is 24.8 Å². The number of carbonyl (C=O) groups is 1. The fourth-order valence-corrected chi connectivity index (χ4v) is 1.63. The maximum atomic E-state index is 11.8. The summed E-state index contributed by atoms with van der Waals surface area (Å²) in [5.41, 5.74) is 6.72. The molecule has 1 aromatic rings. The van der Waals surface area contributed by atoms with Gasteiger partial charge in [0.1, 0.15) is 5.75 Å². The second kappa shape index (κ2) is 7.14. The van der Waals surface area contributed by atoms with Crippen molar-refractivity contribution in [2.24, 2.45) is 0 Å². The first kappa shape index (κ1) is 16.3. The minimum Gasteiger partial charge on any atom is -0.494 e. The molecule has 0 aromatic heterocycles. The van der Waals surface area contributed by atoms with E-state index in [9.17, 15) is 4.79 Å². The van der Waals surface area contributed by atoms with Gasteiger partial charge in [-0.05, 0) is 39.3 Å². The first-order valence-electron chi connectivity index (χ1n) is 6.69. The topological polar surface area (TPSA) is 73.6 Å². The molecule has 0 aliphatic heterocycles. The molecule has 0 aliphatic carbocycles. The smallest absolute Gasteiger partial charge is 0.224 e. The van der Waals surface area contributed by atoms with Crippen LogP contribution in [-0.2, 0) is 9.53 Å². The van der Waals surface area contributed by atoms with Gasteiger partial charge < -0.3 is 20.5 Å². The van der Waals surface area contributed by atoms with Crippen LogP contribution in [0.5, 0.6) is 5.75 Å². The van der Waals surface area contributed by atoms with E-state index in [4.69, 9.17) is 15.2 Å². The van der Waals surface area contributed by atoms with Crippen LogP contribution >= 0.6 is 0 Å². The third-order valence-corrected chi connectivity index (χ3v) is 2.58. The van der Waals surface area contributed by atoms with Crippen molar-refractivity contribution in [1.29, 1.82) is 0 Å². The molecule has 1 amide bonds. The van der Waals surface area contributed by atoms with Gasteiger partial charge in [-0.3, -0.25) is 4.79 Å². The van der Waals surface area contributed by atoms with Crippen LogP contribution in [0.2, 0.25) is 0 Å². The van der Waals surface area contributed by atoms with Crippen molar-refractivity contribution in [3.63, 3.8) is 0 Å². The minimum absolute atomic E-state index is 0.0643. The molecule has 0 unspecified atom stereocenters. The standard InChI is InChI=1S/C15H24N2O3/c1-15(2,3)20-9-5-6-14(18)17-12-8-7-11(16)10-13(12)19-4/h7-8,10H,5-6,9,16H2,1-4H3,(H,17,18). The predicted octanol–water partition coefficient (Wildman–Crippen LogP) is 2.81. The van der Waals surface area contributed by atoms with Gasteiger partial charge in [0.15, 0.2) is 0 Å². The van der Waals surface area contributed by atoms with Crippen LogP contribution < -0.4 is 15.8 Å². The first-order chi connectivity index (χ1) is 9.31. The minimum atomic E-state index is -0.170. The Morgan fingerprint density at radius 2 is 2.05 bits per heavy atom. The third-order valence-electron chi connectivity index (χ3n) is 2.58. The summed E-state index contributed by atoms with van der Waals surface area (Å²) < 4.78 is 10.7. The molecule has 0 saturated heterocycles. The maximum Gasteiger partial charge on any atom is 0.224 e. The van der Waals surface area contributed by atoms with Crippen LogP contribution in [0.1, 0.15) is 33.6 Å². The van der Waals surface area contributed by atoms with Crippen molar-refractivity contribution in [1.82, 2.24) is 0 Å². The van der Waals surface area contributed by atoms with E-state index in [1.54, 1.807) is 25.3 Å². The number of methoxy groups -OCH3 is 1. The summed E-state index contributed by atoms with van der Waals surface area (Å²) in [6.45, 7) is 6.54. The molecule has 20 heavy (non-hydrogen) atoms. The number of hydrogen-bond donors (Lipinski definition) is 2. The molecule has 112 valence electrons. The molecule has 0 radical (unpaired) electrons. The van der Waals surface area contributed by atoms with Gasteiger partial charge in [-0.15, -0.1) is 0 Å². The number of ether oxygens (including phenoxy) is 2. The SMILES string of the molecule is COc1cc(N)ccc1NC(=O)CCCOC(C)(C)C. The number of anilines is 2. The van der Waals surface area contributed by atoms with Gasteiger partial charge >= 0.3 is 0 Å².